The Kier molecular flexibility index (Phi) is 3.83. The number of rotatable bonds is 0. The maximum atomic E-state index is 10.7. The number of hydrogen-bond acceptors (Lipinski definition) is 4. The van der Waals surface area contributed by atoms with Crippen molar-refractivity contribution < 1.29 is 14.0 Å². The van der Waals surface area contributed by atoms with Gasteiger partial charge in [-0.3, -0.25) is 9.59 Å². The fraction of sp³-hybridized carbons (Fsp3) is 0. The smallest absolute Gasteiger partial charge is 0.336 e. The Labute approximate surface area is 108 Å². The van der Waals surface area contributed by atoms with Gasteiger partial charge < -0.3 is 4.42 Å². The van der Waals surface area contributed by atoms with Crippen LogP contribution in [0.25, 0.3) is 11.0 Å². The minimum absolute atomic E-state index is 0.121. The van der Waals surface area contributed by atoms with Gasteiger partial charge in [-0.1, -0.05) is 18.2 Å². The van der Waals surface area contributed by atoms with E-state index in [1.807, 2.05) is 18.2 Å². The molecule has 94 valence electrons. The summed E-state index contributed by atoms with van der Waals surface area (Å²) in [6.45, 7) is 0. The molecule has 3 rings (SSSR count). The van der Waals surface area contributed by atoms with Crippen LogP contribution in [0.3, 0.4) is 0 Å². The molecule has 1 aliphatic carbocycles. The number of benzene rings is 1. The molecule has 0 amide bonds. The van der Waals surface area contributed by atoms with Crippen molar-refractivity contribution in [2.24, 2.45) is 0 Å². The molecule has 4 heteroatoms. The number of carbonyl (C=O) groups is 2. The lowest BCUT2D eigenvalue weighted by molar-refractivity contribution is -0.113. The molecule has 1 heterocycles. The van der Waals surface area contributed by atoms with Crippen LogP contribution in [0.5, 0.6) is 0 Å². The molecule has 0 spiro atoms. The molecule has 0 saturated carbocycles. The van der Waals surface area contributed by atoms with Crippen molar-refractivity contribution in [3.05, 3.63) is 71.1 Å². The number of allylic oxidation sites excluding steroid dienone is 4. The summed E-state index contributed by atoms with van der Waals surface area (Å²) >= 11 is 0. The molecule has 0 bridgehead atoms. The molecule has 0 aliphatic heterocycles. The van der Waals surface area contributed by atoms with Gasteiger partial charge in [0.2, 0.25) is 0 Å². The van der Waals surface area contributed by atoms with Crippen LogP contribution in [0.1, 0.15) is 0 Å². The van der Waals surface area contributed by atoms with Crippen LogP contribution in [0.15, 0.2) is 69.9 Å². The van der Waals surface area contributed by atoms with Gasteiger partial charge >= 0.3 is 5.63 Å². The van der Waals surface area contributed by atoms with Crippen LogP contribution >= 0.6 is 0 Å². The third-order valence-electron chi connectivity index (χ3n) is 2.35. The summed E-state index contributed by atoms with van der Waals surface area (Å²) in [7, 11) is 0. The standard InChI is InChI=1S/C9H6O2.C6H4O2/c10-9-6-5-7-3-1-2-4-8(7)11-9;7-5-1-2-6(8)4-3-5/h1-6H;1-4H. The van der Waals surface area contributed by atoms with Gasteiger partial charge in [-0.15, -0.1) is 0 Å². The summed E-state index contributed by atoms with van der Waals surface area (Å²) in [6, 6.07) is 10.6. The molecule has 0 N–H and O–H groups in total. The molecule has 0 radical (unpaired) electrons. The Morgan fingerprint density at radius 3 is 1.89 bits per heavy atom. The predicted molar refractivity (Wildman–Crippen MR) is 70.8 cm³/mol. The second kappa shape index (κ2) is 5.73. The van der Waals surface area contributed by atoms with Crippen molar-refractivity contribution in [3.63, 3.8) is 0 Å². The van der Waals surface area contributed by atoms with E-state index < -0.39 is 0 Å². The average molecular weight is 254 g/mol. The Hall–Kier alpha value is -2.75. The number of carbonyl (C=O) groups excluding carboxylic acids is 2. The van der Waals surface area contributed by atoms with Gasteiger partial charge in [0.05, 0.1) is 0 Å². The summed E-state index contributed by atoms with van der Waals surface area (Å²) in [5.41, 5.74) is 0.337. The Morgan fingerprint density at radius 2 is 1.26 bits per heavy atom. The molecule has 4 nitrogen and oxygen atoms in total. The quantitative estimate of drug-likeness (QED) is 0.533. The zero-order valence-corrected chi connectivity index (χ0v) is 9.91. The zero-order valence-electron chi connectivity index (χ0n) is 9.91. The molecular weight excluding hydrogens is 244 g/mol. The maximum Gasteiger partial charge on any atom is 0.336 e. The topological polar surface area (TPSA) is 64.3 Å². The molecule has 2 aromatic rings. The molecule has 1 aromatic carbocycles. The number of ketones is 2. The minimum atomic E-state index is -0.302. The first kappa shape index (κ1) is 12.7. The molecule has 1 aromatic heterocycles. The van der Waals surface area contributed by atoms with E-state index in [1.165, 1.54) is 30.4 Å². The van der Waals surface area contributed by atoms with Crippen molar-refractivity contribution in [1.29, 1.82) is 0 Å². The van der Waals surface area contributed by atoms with Crippen molar-refractivity contribution >= 4 is 22.5 Å². The first-order chi connectivity index (χ1) is 9.15. The molecular formula is C15H10O4. The van der Waals surface area contributed by atoms with E-state index in [1.54, 1.807) is 12.1 Å². The minimum Gasteiger partial charge on any atom is -0.423 e. The maximum absolute atomic E-state index is 10.7. The fourth-order valence-corrected chi connectivity index (χ4v) is 1.45. The van der Waals surface area contributed by atoms with Gasteiger partial charge in [0, 0.05) is 11.5 Å². The van der Waals surface area contributed by atoms with E-state index in [-0.39, 0.29) is 17.2 Å². The number of fused-ring (bicyclic) bond motifs is 1. The van der Waals surface area contributed by atoms with Gasteiger partial charge in [0.15, 0.2) is 11.6 Å². The summed E-state index contributed by atoms with van der Waals surface area (Å²) < 4.78 is 4.91. The van der Waals surface area contributed by atoms with Gasteiger partial charge in [0.25, 0.3) is 0 Å². The van der Waals surface area contributed by atoms with Crippen molar-refractivity contribution in [2.75, 3.05) is 0 Å². The van der Waals surface area contributed by atoms with E-state index in [2.05, 4.69) is 0 Å². The molecule has 1 aliphatic rings. The van der Waals surface area contributed by atoms with Gasteiger partial charge in [-0.25, -0.2) is 4.79 Å². The highest BCUT2D eigenvalue weighted by Gasteiger charge is 1.98. The van der Waals surface area contributed by atoms with Crippen LogP contribution in [0, 0.1) is 0 Å². The highest BCUT2D eigenvalue weighted by molar-refractivity contribution is 6.14. The van der Waals surface area contributed by atoms with E-state index in [0.717, 1.165) is 5.39 Å². The second-order valence-electron chi connectivity index (χ2n) is 3.76. The largest absolute Gasteiger partial charge is 0.423 e. The number of hydrogen-bond donors (Lipinski definition) is 0. The number of para-hydroxylation sites is 1. The van der Waals surface area contributed by atoms with E-state index in [0.29, 0.717) is 5.58 Å². The highest BCUT2D eigenvalue weighted by Crippen LogP contribution is 2.08. The van der Waals surface area contributed by atoms with Gasteiger partial charge in [-0.05, 0) is 36.4 Å². The SMILES string of the molecule is O=C1C=CC(=O)C=C1.O=c1ccc2ccccc2o1. The zero-order chi connectivity index (χ0) is 13.7. The van der Waals surface area contributed by atoms with Crippen LogP contribution < -0.4 is 5.63 Å². The third kappa shape index (κ3) is 3.61. The van der Waals surface area contributed by atoms with E-state index >= 15 is 0 Å². The van der Waals surface area contributed by atoms with Crippen molar-refractivity contribution in [3.8, 4) is 0 Å². The predicted octanol–water partition coefficient (Wildman–Crippen LogP) is 2.04. The Morgan fingerprint density at radius 1 is 0.684 bits per heavy atom. The summed E-state index contributed by atoms with van der Waals surface area (Å²) in [4.78, 5) is 31.3. The van der Waals surface area contributed by atoms with Crippen molar-refractivity contribution in [1.82, 2.24) is 0 Å². The van der Waals surface area contributed by atoms with Crippen molar-refractivity contribution in [2.45, 2.75) is 0 Å². The van der Waals surface area contributed by atoms with Crippen LogP contribution in [0.2, 0.25) is 0 Å². The lowest BCUT2D eigenvalue weighted by Gasteiger charge is -1.91. The monoisotopic (exact) mass is 254 g/mol. The Balaban J connectivity index is 0.000000148. The molecule has 0 fully saturated rings. The molecule has 19 heavy (non-hydrogen) atoms. The third-order valence-corrected chi connectivity index (χ3v) is 2.35. The summed E-state index contributed by atoms with van der Waals surface area (Å²) in [6.07, 6.45) is 5.01. The lowest BCUT2D eigenvalue weighted by Crippen LogP contribution is -1.97. The lowest BCUT2D eigenvalue weighted by atomic mass is 10.2. The van der Waals surface area contributed by atoms with Crippen LogP contribution in [0.4, 0.5) is 0 Å². The summed E-state index contributed by atoms with van der Waals surface area (Å²) in [5.74, 6) is -0.241. The fourth-order valence-electron chi connectivity index (χ4n) is 1.45. The van der Waals surface area contributed by atoms with Crippen LogP contribution in [-0.2, 0) is 9.59 Å². The normalized spacial score (nSPS) is 13.3. The van der Waals surface area contributed by atoms with Gasteiger partial charge in [-0.2, -0.15) is 0 Å². The Bertz CT molecular complexity index is 697. The highest BCUT2D eigenvalue weighted by atomic mass is 16.4. The first-order valence-electron chi connectivity index (χ1n) is 5.58. The van der Waals surface area contributed by atoms with Gasteiger partial charge in [0.1, 0.15) is 5.58 Å². The summed E-state index contributed by atoms with van der Waals surface area (Å²) in [5, 5.41) is 0.951. The molecule has 0 unspecified atom stereocenters. The first-order valence-corrected chi connectivity index (χ1v) is 5.58. The molecule has 0 atom stereocenters. The van der Waals surface area contributed by atoms with Crippen LogP contribution in [-0.4, -0.2) is 11.6 Å². The average Bonchev–Trinajstić information content (AvgIpc) is 2.43. The van der Waals surface area contributed by atoms with E-state index in [9.17, 15) is 14.4 Å². The second-order valence-corrected chi connectivity index (χ2v) is 3.76. The molecule has 0 saturated heterocycles. The van der Waals surface area contributed by atoms with E-state index in [4.69, 9.17) is 4.42 Å².